The maximum Gasteiger partial charge on any atom is 0.401 e. The van der Waals surface area contributed by atoms with E-state index in [4.69, 9.17) is 10.2 Å². The highest BCUT2D eigenvalue weighted by Crippen LogP contribution is 1.99. The number of aryl methyl sites for hydroxylation is 1. The third-order valence-electron chi connectivity index (χ3n) is 1.62. The lowest BCUT2D eigenvalue weighted by atomic mass is 10.2. The Hall–Kier alpha value is -1.91. The molecule has 0 atom stereocenters. The molecule has 68 valence electrons. The number of carbonyl (C=O) groups is 2. The fraction of sp³-hybridized carbons (Fsp3) is 0.125. The average molecular weight is 182 g/mol. The van der Waals surface area contributed by atoms with Crippen molar-refractivity contribution in [2.24, 2.45) is 7.05 Å². The first-order valence-electron chi connectivity index (χ1n) is 3.48. The molecule has 5 nitrogen and oxygen atoms in total. The maximum atomic E-state index is 10.6. The van der Waals surface area contributed by atoms with Gasteiger partial charge in [0.1, 0.15) is 7.05 Å². The van der Waals surface area contributed by atoms with Crippen molar-refractivity contribution in [3.05, 3.63) is 29.6 Å². The molecule has 0 spiro atoms. The second-order valence-corrected chi connectivity index (χ2v) is 2.52. The number of hydrogen-bond donors (Lipinski definition) is 2. The first-order valence-corrected chi connectivity index (χ1v) is 3.48. The van der Waals surface area contributed by atoms with Crippen LogP contribution in [0.4, 0.5) is 0 Å². The van der Waals surface area contributed by atoms with E-state index in [-0.39, 0.29) is 11.3 Å². The van der Waals surface area contributed by atoms with E-state index in [1.54, 1.807) is 0 Å². The van der Waals surface area contributed by atoms with Crippen LogP contribution >= 0.6 is 0 Å². The van der Waals surface area contributed by atoms with Gasteiger partial charge in [0.2, 0.25) is 0 Å². The molecule has 0 unspecified atom stereocenters. The molecule has 0 aliphatic heterocycles. The van der Waals surface area contributed by atoms with Crippen LogP contribution < -0.4 is 4.57 Å². The second kappa shape index (κ2) is 3.22. The van der Waals surface area contributed by atoms with E-state index >= 15 is 0 Å². The van der Waals surface area contributed by atoms with Crippen molar-refractivity contribution in [3.8, 4) is 0 Å². The van der Waals surface area contributed by atoms with E-state index in [1.165, 1.54) is 23.9 Å². The zero-order chi connectivity index (χ0) is 10.0. The van der Waals surface area contributed by atoms with Gasteiger partial charge in [-0.15, -0.1) is 0 Å². The molecule has 0 saturated carbocycles. The lowest BCUT2D eigenvalue weighted by Crippen LogP contribution is -2.36. The van der Waals surface area contributed by atoms with Crippen LogP contribution in [-0.2, 0) is 7.05 Å². The molecule has 1 rings (SSSR count). The minimum Gasteiger partial charge on any atom is -0.478 e. The van der Waals surface area contributed by atoms with Crippen molar-refractivity contribution in [3.63, 3.8) is 0 Å². The molecule has 0 aliphatic carbocycles. The summed E-state index contributed by atoms with van der Waals surface area (Å²) in [6.07, 6.45) is 1.40. The molecule has 0 fully saturated rings. The molecule has 1 aromatic heterocycles. The van der Waals surface area contributed by atoms with Crippen molar-refractivity contribution in [2.45, 2.75) is 0 Å². The normalized spacial score (nSPS) is 9.62. The Balaban J connectivity index is 3.27. The molecule has 0 amide bonds. The highest BCUT2D eigenvalue weighted by Gasteiger charge is 2.17. The summed E-state index contributed by atoms with van der Waals surface area (Å²) >= 11 is 0. The Morgan fingerprint density at radius 3 is 2.38 bits per heavy atom. The van der Waals surface area contributed by atoms with Gasteiger partial charge in [-0.25, -0.2) is 9.59 Å². The number of aromatic nitrogens is 1. The standard InChI is InChI=1S/C8H7NO4/c1-9-3-2-5(7(10)11)4-6(9)8(12)13/h2-4H,1H3,(H-,10,11,12,13)/p+1. The molecule has 0 radical (unpaired) electrons. The van der Waals surface area contributed by atoms with Gasteiger partial charge in [-0.1, -0.05) is 0 Å². The molecule has 1 aromatic rings. The number of nitrogens with zero attached hydrogens (tertiary/aromatic N) is 1. The summed E-state index contributed by atoms with van der Waals surface area (Å²) in [5, 5.41) is 17.2. The molecule has 1 heterocycles. The Kier molecular flexibility index (Phi) is 2.27. The summed E-state index contributed by atoms with van der Waals surface area (Å²) in [5.41, 5.74) is -0.0876. The predicted octanol–water partition coefficient (Wildman–Crippen LogP) is -0.0925. The predicted molar refractivity (Wildman–Crippen MR) is 41.5 cm³/mol. The smallest absolute Gasteiger partial charge is 0.401 e. The van der Waals surface area contributed by atoms with E-state index in [0.717, 1.165) is 6.07 Å². The molecule has 13 heavy (non-hydrogen) atoms. The second-order valence-electron chi connectivity index (χ2n) is 2.52. The molecule has 0 bridgehead atoms. The van der Waals surface area contributed by atoms with Gasteiger partial charge >= 0.3 is 11.9 Å². The van der Waals surface area contributed by atoms with Crippen LogP contribution in [0, 0.1) is 0 Å². The van der Waals surface area contributed by atoms with Crippen molar-refractivity contribution in [2.75, 3.05) is 0 Å². The average Bonchev–Trinajstić information content (AvgIpc) is 2.04. The van der Waals surface area contributed by atoms with Crippen LogP contribution in [0.25, 0.3) is 0 Å². The highest BCUT2D eigenvalue weighted by molar-refractivity contribution is 5.91. The number of rotatable bonds is 2. The quantitative estimate of drug-likeness (QED) is 0.626. The molecule has 2 N–H and O–H groups in total. The van der Waals surface area contributed by atoms with Crippen molar-refractivity contribution in [1.82, 2.24) is 0 Å². The third kappa shape index (κ3) is 1.81. The van der Waals surface area contributed by atoms with Gasteiger partial charge in [0.15, 0.2) is 6.20 Å². The van der Waals surface area contributed by atoms with Gasteiger partial charge in [0, 0.05) is 12.1 Å². The lowest BCUT2D eigenvalue weighted by molar-refractivity contribution is -0.674. The van der Waals surface area contributed by atoms with Crippen molar-refractivity contribution in [1.29, 1.82) is 0 Å². The number of hydrogen-bond acceptors (Lipinski definition) is 2. The zero-order valence-corrected chi connectivity index (χ0v) is 6.89. The number of carboxylic acid groups (broad SMARTS) is 2. The summed E-state index contributed by atoms with van der Waals surface area (Å²) in [5.74, 6) is -2.28. The van der Waals surface area contributed by atoms with Gasteiger partial charge in [-0.05, 0) is 0 Å². The summed E-state index contributed by atoms with van der Waals surface area (Å²) < 4.78 is 1.34. The van der Waals surface area contributed by atoms with Crippen LogP contribution in [-0.4, -0.2) is 22.2 Å². The highest BCUT2D eigenvalue weighted by atomic mass is 16.4. The Morgan fingerprint density at radius 2 is 1.92 bits per heavy atom. The zero-order valence-electron chi connectivity index (χ0n) is 6.89. The number of carboxylic acids is 2. The fourth-order valence-corrected chi connectivity index (χ4v) is 0.915. The van der Waals surface area contributed by atoms with Crippen LogP contribution in [0.1, 0.15) is 20.8 Å². The SMILES string of the molecule is C[n+]1ccc(C(=O)O)cc1C(=O)O. The molecule has 0 aromatic carbocycles. The van der Waals surface area contributed by atoms with Gasteiger partial charge in [-0.2, -0.15) is 4.57 Å². The number of aromatic carboxylic acids is 2. The van der Waals surface area contributed by atoms with E-state index in [9.17, 15) is 9.59 Å². The van der Waals surface area contributed by atoms with E-state index in [2.05, 4.69) is 0 Å². The molecular formula is C8H8NO4+. The molecule has 5 heteroatoms. The Morgan fingerprint density at radius 1 is 1.31 bits per heavy atom. The van der Waals surface area contributed by atoms with Gasteiger partial charge in [-0.3, -0.25) is 0 Å². The molecule has 0 saturated heterocycles. The van der Waals surface area contributed by atoms with Crippen LogP contribution in [0.2, 0.25) is 0 Å². The van der Waals surface area contributed by atoms with E-state index in [1.807, 2.05) is 0 Å². The van der Waals surface area contributed by atoms with Crippen molar-refractivity contribution < 1.29 is 24.4 Å². The van der Waals surface area contributed by atoms with Gasteiger partial charge in [0.25, 0.3) is 5.69 Å². The Labute approximate surface area is 73.9 Å². The summed E-state index contributed by atoms with van der Waals surface area (Å²) in [6.45, 7) is 0. The van der Waals surface area contributed by atoms with Gasteiger partial charge < -0.3 is 10.2 Å². The third-order valence-corrected chi connectivity index (χ3v) is 1.62. The monoisotopic (exact) mass is 182 g/mol. The van der Waals surface area contributed by atoms with E-state index in [0.29, 0.717) is 0 Å². The van der Waals surface area contributed by atoms with Crippen LogP contribution in [0.5, 0.6) is 0 Å². The first-order chi connectivity index (χ1) is 6.02. The number of pyridine rings is 1. The first kappa shape index (κ1) is 9.18. The topological polar surface area (TPSA) is 78.5 Å². The molecular weight excluding hydrogens is 174 g/mol. The van der Waals surface area contributed by atoms with Crippen LogP contribution in [0.3, 0.4) is 0 Å². The summed E-state index contributed by atoms with van der Waals surface area (Å²) in [6, 6.07) is 2.46. The summed E-state index contributed by atoms with van der Waals surface area (Å²) in [4.78, 5) is 21.1. The van der Waals surface area contributed by atoms with Crippen LogP contribution in [0.15, 0.2) is 18.3 Å². The van der Waals surface area contributed by atoms with Crippen molar-refractivity contribution >= 4 is 11.9 Å². The Bertz CT molecular complexity index is 372. The van der Waals surface area contributed by atoms with E-state index < -0.39 is 11.9 Å². The largest absolute Gasteiger partial charge is 0.478 e. The minimum atomic E-state index is -1.15. The lowest BCUT2D eigenvalue weighted by Gasteiger charge is -1.95. The van der Waals surface area contributed by atoms with Gasteiger partial charge in [0.05, 0.1) is 5.56 Å². The minimum absolute atomic E-state index is 0.0319. The fourth-order valence-electron chi connectivity index (χ4n) is 0.915. The maximum absolute atomic E-state index is 10.6. The summed E-state index contributed by atoms with van der Waals surface area (Å²) in [7, 11) is 1.54. The molecule has 0 aliphatic rings.